The number of esters is 1. The van der Waals surface area contributed by atoms with Crippen LogP contribution in [0.3, 0.4) is 0 Å². The molecule has 0 aromatic rings. The van der Waals surface area contributed by atoms with E-state index in [1.807, 2.05) is 0 Å². The first kappa shape index (κ1) is 7.47. The van der Waals surface area contributed by atoms with E-state index in [0.717, 1.165) is 0 Å². The topological polar surface area (TPSA) is 38.3 Å². The van der Waals surface area contributed by atoms with Crippen LogP contribution in [-0.2, 0) is 9.53 Å². The van der Waals surface area contributed by atoms with Gasteiger partial charge in [-0.05, 0) is 0 Å². The fraction of sp³-hybridized carbons (Fsp3) is 0.833. The number of methoxy groups -OCH3 is 1. The zero-order valence-electron chi connectivity index (χ0n) is 5.76. The number of rotatable bonds is 1. The number of halogens is 1. The minimum Gasteiger partial charge on any atom is -0.468 e. The van der Waals surface area contributed by atoms with Crippen molar-refractivity contribution in [3.05, 3.63) is 0 Å². The van der Waals surface area contributed by atoms with Crippen molar-refractivity contribution in [3.63, 3.8) is 0 Å². The summed E-state index contributed by atoms with van der Waals surface area (Å²) < 4.78 is 16.8. The third-order valence-corrected chi connectivity index (χ3v) is 1.56. The highest BCUT2D eigenvalue weighted by molar-refractivity contribution is 5.76. The quantitative estimate of drug-likeness (QED) is 0.524. The minimum absolute atomic E-state index is 0.243. The first-order valence-electron chi connectivity index (χ1n) is 3.19. The molecule has 1 rings (SSSR count). The molecule has 0 spiro atoms. The Labute approximate surface area is 58.5 Å². The molecule has 0 aromatic heterocycles. The van der Waals surface area contributed by atoms with Gasteiger partial charge in [-0.1, -0.05) is 0 Å². The van der Waals surface area contributed by atoms with E-state index in [9.17, 15) is 9.18 Å². The largest absolute Gasteiger partial charge is 0.468 e. The lowest BCUT2D eigenvalue weighted by molar-refractivity contribution is -0.142. The molecule has 4 heteroatoms. The van der Waals surface area contributed by atoms with Gasteiger partial charge in [0.15, 0.2) is 0 Å². The Morgan fingerprint density at radius 3 is 2.90 bits per heavy atom. The van der Waals surface area contributed by atoms with Gasteiger partial charge in [0.25, 0.3) is 0 Å². The lowest BCUT2D eigenvalue weighted by Gasteiger charge is -2.04. The van der Waals surface area contributed by atoms with E-state index in [0.29, 0.717) is 0 Å². The number of ether oxygens (including phenoxy) is 1. The van der Waals surface area contributed by atoms with Gasteiger partial charge in [-0.3, -0.25) is 4.79 Å². The maximum absolute atomic E-state index is 12.4. The number of carbonyl (C=O) groups excluding carboxylic acids is 1. The summed E-state index contributed by atoms with van der Waals surface area (Å²) in [6, 6.07) is -0.431. The number of nitrogens with one attached hydrogen (secondary N) is 1. The van der Waals surface area contributed by atoms with Crippen LogP contribution >= 0.6 is 0 Å². The standard InChI is InChI=1S/C6H10FNO2/c1-10-6(9)5-2-4(7)3-8-5/h4-5,8H,2-3H2,1H3/t4?,5-/m0/s1. The first-order valence-corrected chi connectivity index (χ1v) is 3.19. The van der Waals surface area contributed by atoms with Crippen LogP contribution in [0.1, 0.15) is 6.42 Å². The molecule has 0 amide bonds. The third-order valence-electron chi connectivity index (χ3n) is 1.56. The molecule has 58 valence electrons. The predicted octanol–water partition coefficient (Wildman–Crippen LogP) is -0.141. The second-order valence-electron chi connectivity index (χ2n) is 2.32. The lowest BCUT2D eigenvalue weighted by atomic mass is 10.2. The maximum Gasteiger partial charge on any atom is 0.322 e. The normalized spacial score (nSPS) is 32.2. The minimum atomic E-state index is -0.899. The van der Waals surface area contributed by atoms with Crippen molar-refractivity contribution in [1.82, 2.24) is 5.32 Å². The van der Waals surface area contributed by atoms with E-state index in [2.05, 4.69) is 10.1 Å². The molecule has 0 saturated carbocycles. The smallest absolute Gasteiger partial charge is 0.322 e. The molecule has 0 bridgehead atoms. The molecule has 1 unspecified atom stereocenters. The second-order valence-corrected chi connectivity index (χ2v) is 2.32. The van der Waals surface area contributed by atoms with E-state index in [1.54, 1.807) is 0 Å². The van der Waals surface area contributed by atoms with Crippen molar-refractivity contribution >= 4 is 5.97 Å². The molecule has 1 aliphatic rings. The molecule has 1 saturated heterocycles. The van der Waals surface area contributed by atoms with Crippen LogP contribution in [0.5, 0.6) is 0 Å². The van der Waals surface area contributed by atoms with Gasteiger partial charge in [0.05, 0.1) is 7.11 Å². The molecule has 1 heterocycles. The van der Waals surface area contributed by atoms with Gasteiger partial charge >= 0.3 is 5.97 Å². The third kappa shape index (κ3) is 1.44. The summed E-state index contributed by atoms with van der Waals surface area (Å²) in [6.07, 6.45) is -0.656. The SMILES string of the molecule is COC(=O)[C@@H]1CC(F)CN1. The average molecular weight is 147 g/mol. The van der Waals surface area contributed by atoms with Gasteiger partial charge in [0, 0.05) is 13.0 Å². The van der Waals surface area contributed by atoms with Crippen molar-refractivity contribution in [2.45, 2.75) is 18.6 Å². The summed E-state index contributed by atoms with van der Waals surface area (Å²) >= 11 is 0. The summed E-state index contributed by atoms with van der Waals surface area (Å²) in [5, 5.41) is 2.71. The monoisotopic (exact) mass is 147 g/mol. The van der Waals surface area contributed by atoms with Crippen LogP contribution in [0.15, 0.2) is 0 Å². The molecule has 0 aliphatic carbocycles. The molecule has 1 fully saturated rings. The van der Waals surface area contributed by atoms with E-state index < -0.39 is 12.2 Å². The molecule has 2 atom stereocenters. The molecular weight excluding hydrogens is 137 g/mol. The van der Waals surface area contributed by atoms with Gasteiger partial charge in [0.1, 0.15) is 12.2 Å². The Balaban J connectivity index is 2.37. The molecular formula is C6H10FNO2. The highest BCUT2D eigenvalue weighted by Crippen LogP contribution is 2.10. The van der Waals surface area contributed by atoms with Crippen molar-refractivity contribution in [2.24, 2.45) is 0 Å². The van der Waals surface area contributed by atoms with E-state index >= 15 is 0 Å². The van der Waals surface area contributed by atoms with Crippen LogP contribution in [0.4, 0.5) is 4.39 Å². The van der Waals surface area contributed by atoms with Gasteiger partial charge in [-0.25, -0.2) is 4.39 Å². The number of carbonyl (C=O) groups is 1. The van der Waals surface area contributed by atoms with Gasteiger partial charge < -0.3 is 10.1 Å². The second kappa shape index (κ2) is 2.96. The van der Waals surface area contributed by atoms with E-state index in [-0.39, 0.29) is 18.9 Å². The van der Waals surface area contributed by atoms with Crippen molar-refractivity contribution < 1.29 is 13.9 Å². The zero-order valence-corrected chi connectivity index (χ0v) is 5.76. The van der Waals surface area contributed by atoms with Crippen molar-refractivity contribution in [1.29, 1.82) is 0 Å². The van der Waals surface area contributed by atoms with Crippen LogP contribution in [-0.4, -0.2) is 31.8 Å². The highest BCUT2D eigenvalue weighted by Gasteiger charge is 2.29. The summed E-state index contributed by atoms with van der Waals surface area (Å²) in [7, 11) is 1.30. The van der Waals surface area contributed by atoms with E-state index in [4.69, 9.17) is 0 Å². The molecule has 0 aromatic carbocycles. The lowest BCUT2D eigenvalue weighted by Crippen LogP contribution is -2.31. The summed E-state index contributed by atoms with van der Waals surface area (Å²) in [5.74, 6) is -0.375. The average Bonchev–Trinajstić information content (AvgIpc) is 2.34. The molecule has 1 N–H and O–H groups in total. The summed E-state index contributed by atoms with van der Waals surface area (Å²) in [4.78, 5) is 10.7. The van der Waals surface area contributed by atoms with Crippen molar-refractivity contribution in [2.75, 3.05) is 13.7 Å². The maximum atomic E-state index is 12.4. The number of hydrogen-bond donors (Lipinski definition) is 1. The summed E-state index contributed by atoms with van der Waals surface area (Å²) in [6.45, 7) is 0.264. The molecule has 10 heavy (non-hydrogen) atoms. The number of hydrogen-bond acceptors (Lipinski definition) is 3. The Hall–Kier alpha value is -0.640. The zero-order chi connectivity index (χ0) is 7.56. The number of alkyl halides is 1. The highest BCUT2D eigenvalue weighted by atomic mass is 19.1. The fourth-order valence-corrected chi connectivity index (χ4v) is 1.01. The van der Waals surface area contributed by atoms with Crippen LogP contribution in [0.25, 0.3) is 0 Å². The Bertz CT molecular complexity index is 140. The first-order chi connectivity index (χ1) is 4.74. The predicted molar refractivity (Wildman–Crippen MR) is 33.3 cm³/mol. The van der Waals surface area contributed by atoms with Crippen LogP contribution in [0.2, 0.25) is 0 Å². The van der Waals surface area contributed by atoms with Crippen LogP contribution in [0, 0.1) is 0 Å². The Morgan fingerprint density at radius 2 is 2.50 bits per heavy atom. The molecule has 0 radical (unpaired) electrons. The van der Waals surface area contributed by atoms with Crippen molar-refractivity contribution in [3.8, 4) is 0 Å². The van der Waals surface area contributed by atoms with Gasteiger partial charge in [-0.2, -0.15) is 0 Å². The van der Waals surface area contributed by atoms with Gasteiger partial charge in [0.2, 0.25) is 0 Å². The Kier molecular flexibility index (Phi) is 2.21. The molecule has 1 aliphatic heterocycles. The fourth-order valence-electron chi connectivity index (χ4n) is 1.01. The van der Waals surface area contributed by atoms with Crippen LogP contribution < -0.4 is 5.32 Å². The molecule has 3 nitrogen and oxygen atoms in total. The Morgan fingerprint density at radius 1 is 1.80 bits per heavy atom. The van der Waals surface area contributed by atoms with E-state index in [1.165, 1.54) is 7.11 Å². The summed E-state index contributed by atoms with van der Waals surface area (Å²) in [5.41, 5.74) is 0. The van der Waals surface area contributed by atoms with Gasteiger partial charge in [-0.15, -0.1) is 0 Å².